The van der Waals surface area contributed by atoms with Crippen molar-refractivity contribution in [2.45, 2.75) is 78.1 Å². The number of benzene rings is 2. The van der Waals surface area contributed by atoms with Crippen LogP contribution in [-0.2, 0) is 9.53 Å². The van der Waals surface area contributed by atoms with Gasteiger partial charge in [-0.1, -0.05) is 64.7 Å². The Morgan fingerprint density at radius 1 is 0.618 bits per heavy atom. The third-order valence-corrected chi connectivity index (χ3v) is 5.66. The van der Waals surface area contributed by atoms with Gasteiger partial charge < -0.3 is 14.2 Å². The van der Waals surface area contributed by atoms with Crippen LogP contribution in [0.1, 0.15) is 94.0 Å². The van der Waals surface area contributed by atoms with Crippen LogP contribution in [0.5, 0.6) is 11.5 Å². The van der Waals surface area contributed by atoms with Crippen molar-refractivity contribution in [3.05, 3.63) is 59.7 Å². The van der Waals surface area contributed by atoms with Crippen LogP contribution in [0.3, 0.4) is 0 Å². The molecule has 0 saturated heterocycles. The summed E-state index contributed by atoms with van der Waals surface area (Å²) in [6.07, 6.45) is 13.0. The first-order valence-electron chi connectivity index (χ1n) is 12.8. The Morgan fingerprint density at radius 2 is 1.09 bits per heavy atom. The van der Waals surface area contributed by atoms with Crippen molar-refractivity contribution >= 4 is 11.8 Å². The predicted molar refractivity (Wildman–Crippen MR) is 136 cm³/mol. The molecular weight excluding hydrogens is 428 g/mol. The van der Waals surface area contributed by atoms with E-state index in [9.17, 15) is 9.59 Å². The van der Waals surface area contributed by atoms with Gasteiger partial charge in [0.05, 0.1) is 13.2 Å². The lowest BCUT2D eigenvalue weighted by molar-refractivity contribution is -0.145. The first kappa shape index (κ1) is 27.4. The number of carbonyl (C=O) groups excluding carboxylic acids is 2. The topological polar surface area (TPSA) is 61.8 Å². The largest absolute Gasteiger partial charge is 0.494 e. The molecule has 0 N–H and O–H groups in total. The van der Waals surface area contributed by atoms with Gasteiger partial charge in [-0.05, 0) is 61.9 Å². The van der Waals surface area contributed by atoms with E-state index in [0.717, 1.165) is 12.2 Å². The summed E-state index contributed by atoms with van der Waals surface area (Å²) in [5, 5.41) is 0. The molecule has 0 unspecified atom stereocenters. The molecular formula is C29H40O5. The van der Waals surface area contributed by atoms with E-state index in [1.54, 1.807) is 43.3 Å². The Kier molecular flexibility index (Phi) is 13.5. The van der Waals surface area contributed by atoms with E-state index in [2.05, 4.69) is 6.92 Å². The zero-order chi connectivity index (χ0) is 24.4. The highest BCUT2D eigenvalue weighted by atomic mass is 16.6. The van der Waals surface area contributed by atoms with Gasteiger partial charge in [-0.2, -0.15) is 0 Å². The van der Waals surface area contributed by atoms with Crippen LogP contribution < -0.4 is 9.47 Å². The number of ether oxygens (including phenoxy) is 3. The molecule has 34 heavy (non-hydrogen) atoms. The minimum absolute atomic E-state index is 0.0711. The Hall–Kier alpha value is -2.82. The van der Waals surface area contributed by atoms with Crippen molar-refractivity contribution in [1.29, 1.82) is 0 Å². The highest BCUT2D eigenvalue weighted by Crippen LogP contribution is 2.19. The molecule has 0 bridgehead atoms. The Bertz CT molecular complexity index is 827. The quantitative estimate of drug-likeness (QED) is 0.132. The van der Waals surface area contributed by atoms with Gasteiger partial charge in [-0.3, -0.25) is 4.79 Å². The molecule has 0 radical (unpaired) electrons. The molecule has 186 valence electrons. The molecule has 2 aromatic carbocycles. The zero-order valence-corrected chi connectivity index (χ0v) is 20.9. The van der Waals surface area contributed by atoms with Gasteiger partial charge in [0.1, 0.15) is 11.5 Å². The van der Waals surface area contributed by atoms with Gasteiger partial charge in [0.15, 0.2) is 12.4 Å². The van der Waals surface area contributed by atoms with Gasteiger partial charge in [0, 0.05) is 11.1 Å². The number of hydrogen-bond donors (Lipinski definition) is 0. The minimum atomic E-state index is -0.418. The molecule has 0 fully saturated rings. The Morgan fingerprint density at radius 3 is 1.59 bits per heavy atom. The number of esters is 1. The molecule has 0 atom stereocenters. The van der Waals surface area contributed by atoms with Crippen LogP contribution in [0, 0.1) is 0 Å². The molecule has 0 aromatic heterocycles. The molecule has 0 amide bonds. The Balaban J connectivity index is 1.65. The van der Waals surface area contributed by atoms with E-state index in [-0.39, 0.29) is 12.4 Å². The van der Waals surface area contributed by atoms with Gasteiger partial charge in [0.2, 0.25) is 0 Å². The SMILES string of the molecule is CCCCCCCCCCCCOc1ccc(C(=O)c2ccc(OCC(=O)OCC)cc2)cc1. The number of carbonyl (C=O) groups is 2. The molecule has 5 heteroatoms. The summed E-state index contributed by atoms with van der Waals surface area (Å²) in [4.78, 5) is 24.1. The predicted octanol–water partition coefficient (Wildman–Crippen LogP) is 7.16. The number of unbranched alkanes of at least 4 members (excludes halogenated alkanes) is 9. The standard InChI is InChI=1S/C29H40O5/c1-3-5-6-7-8-9-10-11-12-13-22-33-26-18-14-24(15-19-26)29(31)25-16-20-27(21-17-25)34-23-28(30)32-4-2/h14-21H,3-13,22-23H2,1-2H3. The summed E-state index contributed by atoms with van der Waals surface area (Å²) in [6, 6.07) is 14.0. The second kappa shape index (κ2) is 16.7. The smallest absolute Gasteiger partial charge is 0.344 e. The van der Waals surface area contributed by atoms with Gasteiger partial charge in [-0.25, -0.2) is 4.79 Å². The number of ketones is 1. The molecule has 0 aliphatic heterocycles. The Labute approximate surface area is 204 Å². The van der Waals surface area contributed by atoms with Crippen LogP contribution in [0.4, 0.5) is 0 Å². The van der Waals surface area contributed by atoms with Crippen LogP contribution in [-0.4, -0.2) is 31.6 Å². The first-order chi connectivity index (χ1) is 16.6. The van der Waals surface area contributed by atoms with E-state index < -0.39 is 5.97 Å². The van der Waals surface area contributed by atoms with Crippen molar-refractivity contribution in [2.24, 2.45) is 0 Å². The molecule has 0 aliphatic rings. The summed E-state index contributed by atoms with van der Waals surface area (Å²) in [5.74, 6) is 0.812. The molecule has 2 aromatic rings. The zero-order valence-electron chi connectivity index (χ0n) is 20.9. The van der Waals surface area contributed by atoms with Crippen LogP contribution in [0.15, 0.2) is 48.5 Å². The third-order valence-electron chi connectivity index (χ3n) is 5.66. The fourth-order valence-corrected chi connectivity index (χ4v) is 3.70. The molecule has 0 saturated carbocycles. The normalized spacial score (nSPS) is 10.6. The molecule has 0 aliphatic carbocycles. The lowest BCUT2D eigenvalue weighted by Crippen LogP contribution is -2.14. The van der Waals surface area contributed by atoms with Crippen LogP contribution in [0.25, 0.3) is 0 Å². The third kappa shape index (κ3) is 10.9. The molecule has 0 spiro atoms. The fraction of sp³-hybridized carbons (Fsp3) is 0.517. The highest BCUT2D eigenvalue weighted by molar-refractivity contribution is 6.09. The van der Waals surface area contributed by atoms with E-state index in [1.165, 1.54) is 57.8 Å². The molecule has 5 nitrogen and oxygen atoms in total. The number of hydrogen-bond acceptors (Lipinski definition) is 5. The second-order valence-electron chi connectivity index (χ2n) is 8.50. The van der Waals surface area contributed by atoms with Crippen LogP contribution in [0.2, 0.25) is 0 Å². The maximum absolute atomic E-state index is 12.7. The van der Waals surface area contributed by atoms with Crippen molar-refractivity contribution in [1.82, 2.24) is 0 Å². The maximum Gasteiger partial charge on any atom is 0.344 e. The van der Waals surface area contributed by atoms with E-state index in [1.807, 2.05) is 12.1 Å². The summed E-state index contributed by atoms with van der Waals surface area (Å²) in [7, 11) is 0. The summed E-state index contributed by atoms with van der Waals surface area (Å²) < 4.78 is 16.0. The van der Waals surface area contributed by atoms with Crippen molar-refractivity contribution < 1.29 is 23.8 Å². The highest BCUT2D eigenvalue weighted by Gasteiger charge is 2.10. The monoisotopic (exact) mass is 468 g/mol. The van der Waals surface area contributed by atoms with E-state index in [4.69, 9.17) is 14.2 Å². The summed E-state index contributed by atoms with van der Waals surface area (Å²) in [5.41, 5.74) is 1.16. The average Bonchev–Trinajstić information content (AvgIpc) is 2.86. The van der Waals surface area contributed by atoms with Gasteiger partial charge in [-0.15, -0.1) is 0 Å². The lowest BCUT2D eigenvalue weighted by Gasteiger charge is -2.08. The van der Waals surface area contributed by atoms with Gasteiger partial charge >= 0.3 is 5.97 Å². The van der Waals surface area contributed by atoms with Crippen molar-refractivity contribution in [2.75, 3.05) is 19.8 Å². The second-order valence-corrected chi connectivity index (χ2v) is 8.50. The number of rotatable bonds is 18. The van der Waals surface area contributed by atoms with E-state index in [0.29, 0.717) is 30.1 Å². The molecule has 0 heterocycles. The average molecular weight is 469 g/mol. The first-order valence-corrected chi connectivity index (χ1v) is 12.8. The van der Waals surface area contributed by atoms with Crippen molar-refractivity contribution in [3.8, 4) is 11.5 Å². The van der Waals surface area contributed by atoms with Crippen LogP contribution >= 0.6 is 0 Å². The summed E-state index contributed by atoms with van der Waals surface area (Å²) >= 11 is 0. The maximum atomic E-state index is 12.7. The van der Waals surface area contributed by atoms with E-state index >= 15 is 0 Å². The fourth-order valence-electron chi connectivity index (χ4n) is 3.70. The van der Waals surface area contributed by atoms with Crippen molar-refractivity contribution in [3.63, 3.8) is 0 Å². The minimum Gasteiger partial charge on any atom is -0.494 e. The molecule has 2 rings (SSSR count). The van der Waals surface area contributed by atoms with Gasteiger partial charge in [0.25, 0.3) is 0 Å². The lowest BCUT2D eigenvalue weighted by atomic mass is 10.0. The summed E-state index contributed by atoms with van der Waals surface area (Å²) in [6.45, 7) is 4.87.